The van der Waals surface area contributed by atoms with Gasteiger partial charge in [-0.1, -0.05) is 77.9 Å². The van der Waals surface area contributed by atoms with Gasteiger partial charge in [-0.05, 0) is 50.6 Å². The number of esters is 1. The van der Waals surface area contributed by atoms with Gasteiger partial charge in [0.15, 0.2) is 16.5 Å². The molecule has 0 saturated heterocycles. The summed E-state index contributed by atoms with van der Waals surface area (Å²) in [5.41, 5.74) is 5.56. The Labute approximate surface area is 236 Å². The van der Waals surface area contributed by atoms with Gasteiger partial charge < -0.3 is 4.74 Å². The molecule has 0 amide bonds. The van der Waals surface area contributed by atoms with E-state index < -0.39 is 61.8 Å². The Hall–Kier alpha value is -3.24. The first-order valence-electron chi connectivity index (χ1n) is 13.2. The number of hydrogen-bond donors (Lipinski definition) is 1. The monoisotopic (exact) mass is 590 g/mol. The molecule has 3 aromatic carbocycles. The van der Waals surface area contributed by atoms with E-state index in [9.17, 15) is 30.8 Å². The molecule has 6 rings (SSSR count). The molecule has 0 radical (unpaired) electrons. The van der Waals surface area contributed by atoms with Gasteiger partial charge in [0, 0.05) is 11.8 Å². The van der Waals surface area contributed by atoms with Crippen LogP contribution in [0.1, 0.15) is 93.2 Å². The summed E-state index contributed by atoms with van der Waals surface area (Å²) in [6.07, 6.45) is 0.225. The van der Waals surface area contributed by atoms with Gasteiger partial charge >= 0.3 is 16.1 Å². The Balaban J connectivity index is 1.63. The number of carbonyl (C=O) groups is 1. The predicted octanol–water partition coefficient (Wildman–Crippen LogP) is 7.29. The number of hydrogen-bond acceptors (Lipinski definition) is 4. The fourth-order valence-corrected chi connectivity index (χ4v) is 6.61. The largest absolute Gasteiger partial charge is 0.420 e. The Kier molecular flexibility index (Phi) is 6.70. The lowest BCUT2D eigenvalue weighted by molar-refractivity contribution is -0.140. The molecule has 10 heteroatoms. The van der Waals surface area contributed by atoms with Crippen LogP contribution in [0.15, 0.2) is 41.3 Å². The highest BCUT2D eigenvalue weighted by atomic mass is 32.2. The average Bonchev–Trinajstić information content (AvgIpc) is 2.87. The van der Waals surface area contributed by atoms with Crippen molar-refractivity contribution < 1.29 is 40.1 Å². The number of carbonyl (C=O) groups excluding carboxylic acids is 1. The molecule has 0 saturated carbocycles. The predicted molar refractivity (Wildman–Crippen MR) is 144 cm³/mol. The van der Waals surface area contributed by atoms with E-state index in [0.717, 1.165) is 33.4 Å². The zero-order chi connectivity index (χ0) is 30.4. The van der Waals surface area contributed by atoms with Crippen molar-refractivity contribution in [2.24, 2.45) is 5.92 Å². The summed E-state index contributed by atoms with van der Waals surface area (Å²) >= 11 is 0. The van der Waals surface area contributed by atoms with Crippen LogP contribution < -0.4 is 4.74 Å². The first-order valence-corrected chi connectivity index (χ1v) is 14.6. The Morgan fingerprint density at radius 1 is 0.780 bits per heavy atom. The van der Waals surface area contributed by atoms with Gasteiger partial charge in [-0.25, -0.2) is 8.78 Å². The van der Waals surface area contributed by atoms with Crippen LogP contribution in [-0.4, -0.2) is 18.9 Å². The van der Waals surface area contributed by atoms with Crippen LogP contribution in [0.5, 0.6) is 5.75 Å². The molecule has 0 aliphatic heterocycles. The third-order valence-electron chi connectivity index (χ3n) is 8.16. The van der Waals surface area contributed by atoms with Crippen LogP contribution in [0.2, 0.25) is 0 Å². The van der Waals surface area contributed by atoms with E-state index in [4.69, 9.17) is 9.29 Å². The summed E-state index contributed by atoms with van der Waals surface area (Å²) in [4.78, 5) is 11.3. The molecule has 218 valence electrons. The van der Waals surface area contributed by atoms with Gasteiger partial charge in [-0.3, -0.25) is 9.35 Å². The lowest BCUT2D eigenvalue weighted by atomic mass is 9.58. The molecule has 3 aromatic rings. The van der Waals surface area contributed by atoms with E-state index in [0.29, 0.717) is 0 Å². The fourth-order valence-electron chi connectivity index (χ4n) is 5.98. The highest BCUT2D eigenvalue weighted by Gasteiger charge is 2.48. The van der Waals surface area contributed by atoms with Gasteiger partial charge in [0.2, 0.25) is 17.4 Å². The van der Waals surface area contributed by atoms with Crippen molar-refractivity contribution in [2.45, 2.75) is 75.5 Å². The van der Waals surface area contributed by atoms with Crippen molar-refractivity contribution in [3.8, 4) is 5.75 Å². The minimum atomic E-state index is -5.65. The molecule has 1 N–H and O–H groups in total. The van der Waals surface area contributed by atoms with Gasteiger partial charge in [0.05, 0.1) is 5.92 Å². The summed E-state index contributed by atoms with van der Waals surface area (Å²) < 4.78 is 94.9. The standard InChI is InChI=1S/C31H30F4O5S/c1-30(2,3)14-8-10-17-18(11-14)19-13-21(22(17)20-12-15(31(4,5)6)7-9-16(19)20)29(36)40-27-23(32)25(34)28(41(37,38)39)26(35)24(27)33/h7-12,19,21-22H,13H2,1-6H3,(H,37,38,39). The maximum atomic E-state index is 14.7. The van der Waals surface area contributed by atoms with Crippen LogP contribution in [0, 0.1) is 29.2 Å². The molecule has 41 heavy (non-hydrogen) atoms. The molecular formula is C31H30F4O5S. The zero-order valence-electron chi connectivity index (χ0n) is 23.4. The minimum Gasteiger partial charge on any atom is -0.420 e. The first-order chi connectivity index (χ1) is 18.8. The molecular weight excluding hydrogens is 560 g/mol. The number of halogens is 4. The third kappa shape index (κ3) is 4.74. The van der Waals surface area contributed by atoms with Crippen LogP contribution in [0.4, 0.5) is 17.6 Å². The second-order valence-corrected chi connectivity index (χ2v) is 14.2. The molecule has 3 unspecified atom stereocenters. The van der Waals surface area contributed by atoms with Crippen molar-refractivity contribution in [1.29, 1.82) is 0 Å². The normalized spacial score (nSPS) is 20.0. The summed E-state index contributed by atoms with van der Waals surface area (Å²) in [6.45, 7) is 12.4. The topological polar surface area (TPSA) is 80.7 Å². The second-order valence-electron chi connectivity index (χ2n) is 12.9. The summed E-state index contributed by atoms with van der Waals surface area (Å²) in [7, 11) is -5.65. The van der Waals surface area contributed by atoms with Crippen LogP contribution in [-0.2, 0) is 25.7 Å². The van der Waals surface area contributed by atoms with Crippen LogP contribution in [0.25, 0.3) is 0 Å². The van der Waals surface area contributed by atoms with E-state index in [2.05, 4.69) is 47.6 Å². The second kappa shape index (κ2) is 9.39. The molecule has 3 aliphatic rings. The smallest absolute Gasteiger partial charge is 0.315 e. The maximum Gasteiger partial charge on any atom is 0.315 e. The maximum absolute atomic E-state index is 14.7. The molecule has 3 atom stereocenters. The van der Waals surface area contributed by atoms with E-state index >= 15 is 0 Å². The highest BCUT2D eigenvalue weighted by Crippen LogP contribution is 2.57. The van der Waals surface area contributed by atoms with Crippen molar-refractivity contribution in [3.63, 3.8) is 0 Å². The van der Waals surface area contributed by atoms with E-state index in [-0.39, 0.29) is 23.2 Å². The number of ether oxygens (including phenoxy) is 1. The minimum absolute atomic E-state index is 0.139. The quantitative estimate of drug-likeness (QED) is 0.114. The molecule has 5 nitrogen and oxygen atoms in total. The molecule has 0 heterocycles. The molecule has 0 spiro atoms. The van der Waals surface area contributed by atoms with Gasteiger partial charge in [0.25, 0.3) is 0 Å². The number of rotatable bonds is 3. The lowest BCUT2D eigenvalue weighted by Crippen LogP contribution is -2.39. The third-order valence-corrected chi connectivity index (χ3v) is 9.04. The fraction of sp³-hybridized carbons (Fsp3) is 0.387. The Morgan fingerprint density at radius 3 is 1.76 bits per heavy atom. The zero-order valence-corrected chi connectivity index (χ0v) is 24.2. The summed E-state index contributed by atoms with van der Waals surface area (Å²) in [6, 6.07) is 12.2. The number of benzene rings is 3. The molecule has 3 aliphatic carbocycles. The molecule has 0 fully saturated rings. The first kappa shape index (κ1) is 29.3. The van der Waals surface area contributed by atoms with E-state index in [1.807, 2.05) is 30.3 Å². The van der Waals surface area contributed by atoms with Crippen molar-refractivity contribution in [3.05, 3.63) is 93.0 Å². The molecule has 0 aromatic heterocycles. The number of fused-ring (bicyclic) bond motifs is 1. The Morgan fingerprint density at radius 2 is 1.27 bits per heavy atom. The Bertz CT molecular complexity index is 1690. The highest BCUT2D eigenvalue weighted by molar-refractivity contribution is 7.85. The van der Waals surface area contributed by atoms with E-state index in [1.165, 1.54) is 0 Å². The summed E-state index contributed by atoms with van der Waals surface area (Å²) in [5, 5.41) is 0. The van der Waals surface area contributed by atoms with Gasteiger partial charge in [0.1, 0.15) is 0 Å². The van der Waals surface area contributed by atoms with Crippen LogP contribution >= 0.6 is 0 Å². The average molecular weight is 591 g/mol. The van der Waals surface area contributed by atoms with E-state index in [1.54, 1.807) is 0 Å². The van der Waals surface area contributed by atoms with Crippen molar-refractivity contribution in [2.75, 3.05) is 0 Å². The van der Waals surface area contributed by atoms with Gasteiger partial charge in [-0.2, -0.15) is 17.2 Å². The molecule has 2 bridgehead atoms. The van der Waals surface area contributed by atoms with Gasteiger partial charge in [-0.15, -0.1) is 0 Å². The van der Waals surface area contributed by atoms with Crippen LogP contribution in [0.3, 0.4) is 0 Å². The van der Waals surface area contributed by atoms with Crippen molar-refractivity contribution in [1.82, 2.24) is 0 Å². The SMILES string of the molecule is CC(C)(C)c1ccc2c(c1)C1CC(C(=O)Oc3c(F)c(F)c(S(=O)(=O)O)c(F)c3F)C2c2cc(C(C)(C)C)ccc21. The van der Waals surface area contributed by atoms with Crippen molar-refractivity contribution >= 4 is 16.1 Å². The summed E-state index contributed by atoms with van der Waals surface area (Å²) in [5.74, 6) is -13.8. The lowest BCUT2D eigenvalue weighted by Gasteiger charge is -2.45.